The highest BCUT2D eigenvalue weighted by molar-refractivity contribution is 7.92. The van der Waals surface area contributed by atoms with Gasteiger partial charge in [0.25, 0.3) is 10.0 Å². The Bertz CT molecular complexity index is 746. The van der Waals surface area contributed by atoms with Gasteiger partial charge in [-0.15, -0.1) is 0 Å². The van der Waals surface area contributed by atoms with Crippen molar-refractivity contribution in [3.05, 3.63) is 54.1 Å². The number of rotatable bonds is 4. The molecule has 0 aliphatic heterocycles. The average Bonchev–Trinajstić information content (AvgIpc) is 2.44. The van der Waals surface area contributed by atoms with E-state index in [0.717, 1.165) is 22.5 Å². The van der Waals surface area contributed by atoms with Crippen LogP contribution in [-0.4, -0.2) is 15.0 Å². The van der Waals surface area contributed by atoms with Crippen LogP contribution in [0.5, 0.6) is 0 Å². The second-order valence-corrected chi connectivity index (χ2v) is 6.19. The number of anilines is 2. The molecule has 0 unspecified atom stereocenters. The van der Waals surface area contributed by atoms with Crippen molar-refractivity contribution in [2.75, 3.05) is 16.6 Å². The van der Waals surface area contributed by atoms with E-state index in [9.17, 15) is 17.2 Å². The first kappa shape index (κ1) is 15.2. The van der Waals surface area contributed by atoms with Crippen molar-refractivity contribution in [1.82, 2.24) is 0 Å². The molecule has 0 bridgehead atoms. The lowest BCUT2D eigenvalue weighted by Gasteiger charge is -2.23. The Kier molecular flexibility index (Phi) is 4.13. The van der Waals surface area contributed by atoms with E-state index in [-0.39, 0.29) is 17.1 Å². The summed E-state index contributed by atoms with van der Waals surface area (Å²) in [6.07, 6.45) is 0. The molecule has 0 fully saturated rings. The van der Waals surface area contributed by atoms with Crippen molar-refractivity contribution in [3.63, 3.8) is 0 Å². The molecule has 0 saturated heterocycles. The largest absolute Gasteiger partial charge is 0.396 e. The molecule has 0 spiro atoms. The smallest absolute Gasteiger partial charge is 0.264 e. The van der Waals surface area contributed by atoms with Crippen molar-refractivity contribution >= 4 is 21.4 Å². The predicted octanol–water partition coefficient (Wildman–Crippen LogP) is 2.76. The van der Waals surface area contributed by atoms with Crippen LogP contribution < -0.4 is 10.0 Å². The van der Waals surface area contributed by atoms with E-state index in [0.29, 0.717) is 5.69 Å². The number of halogens is 2. The highest BCUT2D eigenvalue weighted by Gasteiger charge is 2.24. The van der Waals surface area contributed by atoms with E-state index in [1.54, 1.807) is 6.92 Å². The van der Waals surface area contributed by atoms with Crippen molar-refractivity contribution in [1.29, 1.82) is 0 Å². The quantitative estimate of drug-likeness (QED) is 0.883. The Balaban J connectivity index is 2.49. The molecule has 0 aliphatic rings. The van der Waals surface area contributed by atoms with Crippen molar-refractivity contribution in [2.24, 2.45) is 0 Å². The monoisotopic (exact) mass is 312 g/mol. The Morgan fingerprint density at radius 1 is 1.10 bits per heavy atom. The van der Waals surface area contributed by atoms with Crippen molar-refractivity contribution in [2.45, 2.75) is 11.8 Å². The third-order valence-electron chi connectivity index (χ3n) is 2.96. The van der Waals surface area contributed by atoms with Gasteiger partial charge in [-0.25, -0.2) is 17.2 Å². The lowest BCUT2D eigenvalue weighted by atomic mass is 10.3. The average molecular weight is 312 g/mol. The van der Waals surface area contributed by atoms with Crippen molar-refractivity contribution < 1.29 is 17.2 Å². The number of hydrogen-bond donors (Lipinski definition) is 1. The molecule has 0 aromatic heterocycles. The van der Waals surface area contributed by atoms with E-state index in [2.05, 4.69) is 0 Å². The highest BCUT2D eigenvalue weighted by Crippen LogP contribution is 2.25. The Labute approximate surface area is 121 Å². The van der Waals surface area contributed by atoms with Crippen LogP contribution in [0.25, 0.3) is 0 Å². The maximum Gasteiger partial charge on any atom is 0.264 e. The minimum atomic E-state index is -3.94. The summed E-state index contributed by atoms with van der Waals surface area (Å²) in [6.45, 7) is 1.76. The summed E-state index contributed by atoms with van der Waals surface area (Å²) in [5.41, 5.74) is 5.52. The second kappa shape index (κ2) is 5.69. The molecule has 2 N–H and O–H groups in total. The molecule has 2 aromatic carbocycles. The molecular weight excluding hydrogens is 298 g/mol. The van der Waals surface area contributed by atoms with Crippen LogP contribution in [0.15, 0.2) is 47.4 Å². The summed E-state index contributed by atoms with van der Waals surface area (Å²) in [7, 11) is -3.94. The summed E-state index contributed by atoms with van der Waals surface area (Å²) >= 11 is 0. The third kappa shape index (κ3) is 2.97. The van der Waals surface area contributed by atoms with Gasteiger partial charge in [-0.05, 0) is 49.4 Å². The van der Waals surface area contributed by atoms with Crippen LogP contribution in [-0.2, 0) is 10.0 Å². The van der Waals surface area contributed by atoms with Gasteiger partial charge in [-0.2, -0.15) is 0 Å². The molecule has 0 aliphatic carbocycles. The maximum atomic E-state index is 13.5. The number of nitrogens with zero attached hydrogens (tertiary/aromatic N) is 1. The van der Waals surface area contributed by atoms with Gasteiger partial charge in [0.05, 0.1) is 16.3 Å². The molecular formula is C14H14F2N2O2S. The first-order valence-electron chi connectivity index (χ1n) is 6.19. The molecule has 0 heterocycles. The Morgan fingerprint density at radius 2 is 1.71 bits per heavy atom. The summed E-state index contributed by atoms with van der Waals surface area (Å²) in [4.78, 5) is -0.208. The van der Waals surface area contributed by atoms with Gasteiger partial charge in [0.15, 0.2) is 0 Å². The minimum Gasteiger partial charge on any atom is -0.396 e. The van der Waals surface area contributed by atoms with Gasteiger partial charge >= 0.3 is 0 Å². The topological polar surface area (TPSA) is 63.4 Å². The standard InChI is InChI=1S/C14H14F2N2O2S/c1-2-18(11-5-3-10(15)4-6-11)21(19,20)12-7-8-14(17)13(16)9-12/h3-9H,2,17H2,1H3. The van der Waals surface area contributed by atoms with Crippen LogP contribution in [0.3, 0.4) is 0 Å². The van der Waals surface area contributed by atoms with Gasteiger partial charge < -0.3 is 5.73 Å². The number of benzene rings is 2. The summed E-state index contributed by atoms with van der Waals surface area (Å²) in [5.74, 6) is -1.27. The number of nitrogens with two attached hydrogens (primary N) is 1. The second-order valence-electron chi connectivity index (χ2n) is 4.33. The first-order valence-corrected chi connectivity index (χ1v) is 7.63. The molecule has 4 nitrogen and oxygen atoms in total. The van der Waals surface area contributed by atoms with Gasteiger partial charge in [0, 0.05) is 6.54 Å². The number of nitrogen functional groups attached to an aromatic ring is 1. The Morgan fingerprint density at radius 3 is 2.24 bits per heavy atom. The summed E-state index contributed by atoms with van der Waals surface area (Å²) in [6, 6.07) is 8.33. The fourth-order valence-electron chi connectivity index (χ4n) is 1.89. The fraction of sp³-hybridized carbons (Fsp3) is 0.143. The molecule has 0 amide bonds. The van der Waals surface area contributed by atoms with Crippen molar-refractivity contribution in [3.8, 4) is 0 Å². The normalized spacial score (nSPS) is 11.4. The highest BCUT2D eigenvalue weighted by atomic mass is 32.2. The summed E-state index contributed by atoms with van der Waals surface area (Å²) < 4.78 is 52.6. The van der Waals surface area contributed by atoms with Crippen LogP contribution in [0, 0.1) is 11.6 Å². The zero-order valence-corrected chi connectivity index (χ0v) is 12.1. The Hall–Kier alpha value is -2.15. The summed E-state index contributed by atoms with van der Waals surface area (Å²) in [5, 5.41) is 0. The van der Waals surface area contributed by atoms with E-state index < -0.39 is 21.7 Å². The van der Waals surface area contributed by atoms with Crippen LogP contribution in [0.4, 0.5) is 20.2 Å². The molecule has 21 heavy (non-hydrogen) atoms. The zero-order valence-electron chi connectivity index (χ0n) is 11.3. The zero-order chi connectivity index (χ0) is 15.6. The molecule has 112 valence electrons. The molecule has 2 rings (SSSR count). The predicted molar refractivity (Wildman–Crippen MR) is 77.4 cm³/mol. The molecule has 7 heteroatoms. The van der Waals surface area contributed by atoms with Crippen LogP contribution in [0.1, 0.15) is 6.92 Å². The lowest BCUT2D eigenvalue weighted by molar-refractivity contribution is 0.587. The fourth-order valence-corrected chi connectivity index (χ4v) is 3.38. The van der Waals surface area contributed by atoms with E-state index >= 15 is 0 Å². The molecule has 0 atom stereocenters. The van der Waals surface area contributed by atoms with E-state index in [1.807, 2.05) is 0 Å². The van der Waals surface area contributed by atoms with Gasteiger partial charge in [-0.3, -0.25) is 4.31 Å². The minimum absolute atomic E-state index is 0.125. The van der Waals surface area contributed by atoms with E-state index in [4.69, 9.17) is 5.73 Å². The van der Waals surface area contributed by atoms with Crippen LogP contribution in [0.2, 0.25) is 0 Å². The maximum absolute atomic E-state index is 13.5. The molecule has 2 aromatic rings. The van der Waals surface area contributed by atoms with Gasteiger partial charge in [0.2, 0.25) is 0 Å². The van der Waals surface area contributed by atoms with Gasteiger partial charge in [-0.1, -0.05) is 0 Å². The molecule has 0 saturated carbocycles. The first-order chi connectivity index (χ1) is 9.86. The van der Waals surface area contributed by atoms with E-state index in [1.165, 1.54) is 24.3 Å². The lowest BCUT2D eigenvalue weighted by Crippen LogP contribution is -2.30. The number of hydrogen-bond acceptors (Lipinski definition) is 3. The van der Waals surface area contributed by atoms with Gasteiger partial charge in [0.1, 0.15) is 11.6 Å². The van der Waals surface area contributed by atoms with Crippen LogP contribution >= 0.6 is 0 Å². The third-order valence-corrected chi connectivity index (χ3v) is 4.86. The SMILES string of the molecule is CCN(c1ccc(F)cc1)S(=O)(=O)c1ccc(N)c(F)c1. The number of sulfonamides is 1. The molecule has 0 radical (unpaired) electrons.